The topological polar surface area (TPSA) is 99.7 Å². The van der Waals surface area contributed by atoms with Crippen LogP contribution in [-0.2, 0) is 25.0 Å². The Balaban J connectivity index is 1.49. The lowest BCUT2D eigenvalue weighted by molar-refractivity contribution is -0.122. The highest BCUT2D eigenvalue weighted by Gasteiger charge is 2.43. The number of benzene rings is 1. The monoisotopic (exact) mass is 448 g/mol. The van der Waals surface area contributed by atoms with Gasteiger partial charge in [-0.05, 0) is 50.5 Å². The Labute approximate surface area is 180 Å². The number of anilines is 2. The molecule has 2 aliphatic heterocycles. The predicted octanol–water partition coefficient (Wildman–Crippen LogP) is 2.44. The van der Waals surface area contributed by atoms with Crippen molar-refractivity contribution in [2.45, 2.75) is 37.0 Å². The molecule has 1 N–H and O–H groups in total. The summed E-state index contributed by atoms with van der Waals surface area (Å²) >= 11 is 1.35. The van der Waals surface area contributed by atoms with Gasteiger partial charge in [-0.1, -0.05) is 0 Å². The molecule has 3 heterocycles. The molecular weight excluding hydrogens is 424 g/mol. The van der Waals surface area contributed by atoms with Gasteiger partial charge in [-0.2, -0.15) is 4.31 Å². The van der Waals surface area contributed by atoms with E-state index < -0.39 is 15.4 Å². The SMILES string of the molecule is CN1C(=O)C(C)(C)c2cc(S(=O)(=O)N3CCC(C(=O)Nc4nccs4)CC3)ccc21. The van der Waals surface area contributed by atoms with Gasteiger partial charge in [0.25, 0.3) is 0 Å². The number of fused-ring (bicyclic) bond motifs is 1. The quantitative estimate of drug-likeness (QED) is 0.774. The molecule has 0 radical (unpaired) electrons. The number of sulfonamides is 1. The minimum absolute atomic E-state index is 0.0564. The maximum absolute atomic E-state index is 13.2. The van der Waals surface area contributed by atoms with Gasteiger partial charge in [-0.15, -0.1) is 11.3 Å². The van der Waals surface area contributed by atoms with Crippen molar-refractivity contribution in [2.24, 2.45) is 5.92 Å². The van der Waals surface area contributed by atoms with Crippen molar-refractivity contribution in [1.29, 1.82) is 0 Å². The molecule has 0 spiro atoms. The number of nitrogens with zero attached hydrogens (tertiary/aromatic N) is 3. The molecule has 1 saturated heterocycles. The van der Waals surface area contributed by atoms with Crippen LogP contribution in [0.2, 0.25) is 0 Å². The first kappa shape index (κ1) is 21.0. The van der Waals surface area contributed by atoms with Gasteiger partial charge in [0.05, 0.1) is 10.3 Å². The van der Waals surface area contributed by atoms with Gasteiger partial charge in [-0.25, -0.2) is 13.4 Å². The summed E-state index contributed by atoms with van der Waals surface area (Å²) in [6.45, 7) is 4.16. The number of rotatable bonds is 4. The van der Waals surface area contributed by atoms with Crippen molar-refractivity contribution in [2.75, 3.05) is 30.4 Å². The normalized spacial score (nSPS) is 19.7. The van der Waals surface area contributed by atoms with Crippen LogP contribution in [-0.4, -0.2) is 49.7 Å². The van der Waals surface area contributed by atoms with Crippen molar-refractivity contribution in [3.8, 4) is 0 Å². The van der Waals surface area contributed by atoms with Crippen LogP contribution in [0.4, 0.5) is 10.8 Å². The predicted molar refractivity (Wildman–Crippen MR) is 115 cm³/mol. The highest BCUT2D eigenvalue weighted by atomic mass is 32.2. The van der Waals surface area contributed by atoms with E-state index in [1.165, 1.54) is 15.6 Å². The first-order valence-corrected chi connectivity index (χ1v) is 12.1. The van der Waals surface area contributed by atoms with Crippen molar-refractivity contribution >= 4 is 44.0 Å². The number of carbonyl (C=O) groups is 2. The van der Waals surface area contributed by atoms with E-state index in [0.29, 0.717) is 23.5 Å². The number of amides is 2. The van der Waals surface area contributed by atoms with E-state index in [4.69, 9.17) is 0 Å². The van der Waals surface area contributed by atoms with Gasteiger partial charge in [0.1, 0.15) is 0 Å². The number of likely N-dealkylation sites (N-methyl/N-ethyl adjacent to an activating group) is 1. The van der Waals surface area contributed by atoms with E-state index in [0.717, 1.165) is 5.69 Å². The second-order valence-electron chi connectivity index (χ2n) is 8.17. The molecule has 0 bridgehead atoms. The Kier molecular flexibility index (Phi) is 5.19. The van der Waals surface area contributed by atoms with E-state index in [1.807, 2.05) is 0 Å². The third kappa shape index (κ3) is 3.42. The molecule has 0 aliphatic carbocycles. The van der Waals surface area contributed by atoms with Crippen LogP contribution in [0, 0.1) is 5.92 Å². The molecule has 4 rings (SSSR count). The van der Waals surface area contributed by atoms with E-state index in [9.17, 15) is 18.0 Å². The van der Waals surface area contributed by atoms with Crippen LogP contribution in [0.25, 0.3) is 0 Å². The number of hydrogen-bond acceptors (Lipinski definition) is 6. The first-order valence-electron chi connectivity index (χ1n) is 9.75. The zero-order valence-electron chi connectivity index (χ0n) is 17.1. The molecule has 0 atom stereocenters. The van der Waals surface area contributed by atoms with E-state index in [-0.39, 0.29) is 35.7 Å². The van der Waals surface area contributed by atoms with Gasteiger partial charge >= 0.3 is 0 Å². The summed E-state index contributed by atoms with van der Waals surface area (Å²) in [5, 5.41) is 5.12. The fourth-order valence-electron chi connectivity index (χ4n) is 4.11. The van der Waals surface area contributed by atoms with E-state index >= 15 is 0 Å². The molecule has 0 unspecified atom stereocenters. The third-order valence-corrected chi connectivity index (χ3v) is 8.55. The lowest BCUT2D eigenvalue weighted by Crippen LogP contribution is -2.41. The summed E-state index contributed by atoms with van der Waals surface area (Å²) in [6, 6.07) is 4.87. The molecule has 2 aromatic rings. The van der Waals surface area contributed by atoms with Crippen LogP contribution in [0.3, 0.4) is 0 Å². The molecule has 2 amide bonds. The van der Waals surface area contributed by atoms with Crippen molar-refractivity contribution < 1.29 is 18.0 Å². The van der Waals surface area contributed by atoms with Crippen molar-refractivity contribution in [3.05, 3.63) is 35.3 Å². The Morgan fingerprint density at radius 2 is 1.97 bits per heavy atom. The molecule has 30 heavy (non-hydrogen) atoms. The standard InChI is InChI=1S/C20H24N4O4S2/c1-20(2)15-12-14(4-5-16(15)23(3)18(20)26)30(27,28)24-9-6-13(7-10-24)17(25)22-19-21-8-11-29-19/h4-5,8,11-13H,6-7,9-10H2,1-3H3,(H,21,22,25). The second kappa shape index (κ2) is 7.44. The summed E-state index contributed by atoms with van der Waals surface area (Å²) in [6.07, 6.45) is 2.53. The Morgan fingerprint density at radius 3 is 2.60 bits per heavy atom. The Hall–Kier alpha value is -2.30. The summed E-state index contributed by atoms with van der Waals surface area (Å²) in [5.41, 5.74) is 0.687. The zero-order chi connectivity index (χ0) is 21.7. The smallest absolute Gasteiger partial charge is 0.243 e. The van der Waals surface area contributed by atoms with Crippen molar-refractivity contribution in [3.63, 3.8) is 0 Å². The number of aromatic nitrogens is 1. The molecule has 0 saturated carbocycles. The highest BCUT2D eigenvalue weighted by Crippen LogP contribution is 2.42. The van der Waals surface area contributed by atoms with Gasteiger partial charge in [0.2, 0.25) is 21.8 Å². The molecule has 1 aromatic heterocycles. The molecule has 2 aliphatic rings. The maximum Gasteiger partial charge on any atom is 0.243 e. The van der Waals surface area contributed by atoms with Gasteiger partial charge in [-0.3, -0.25) is 9.59 Å². The number of piperidine rings is 1. The fourth-order valence-corrected chi connectivity index (χ4v) is 6.14. The first-order chi connectivity index (χ1) is 14.1. The van der Waals surface area contributed by atoms with Crippen LogP contribution >= 0.6 is 11.3 Å². The number of hydrogen-bond donors (Lipinski definition) is 1. The molecule has 1 aromatic carbocycles. The van der Waals surface area contributed by atoms with E-state index in [1.54, 1.807) is 55.6 Å². The molecule has 10 heteroatoms. The fraction of sp³-hybridized carbons (Fsp3) is 0.450. The highest BCUT2D eigenvalue weighted by molar-refractivity contribution is 7.89. The second-order valence-corrected chi connectivity index (χ2v) is 11.0. The van der Waals surface area contributed by atoms with Crippen molar-refractivity contribution in [1.82, 2.24) is 9.29 Å². The lowest BCUT2D eigenvalue weighted by Gasteiger charge is -2.30. The summed E-state index contributed by atoms with van der Waals surface area (Å²) in [7, 11) is -2.01. The summed E-state index contributed by atoms with van der Waals surface area (Å²) in [4.78, 5) is 30.7. The lowest BCUT2D eigenvalue weighted by atomic mass is 9.86. The van der Waals surface area contributed by atoms with E-state index in [2.05, 4.69) is 10.3 Å². The molecule has 160 valence electrons. The Bertz CT molecular complexity index is 1090. The number of nitrogens with one attached hydrogen (secondary N) is 1. The van der Waals surface area contributed by atoms with Crippen LogP contribution in [0.15, 0.2) is 34.7 Å². The van der Waals surface area contributed by atoms with Gasteiger partial charge < -0.3 is 10.2 Å². The number of thiazole rings is 1. The van der Waals surface area contributed by atoms with Crippen LogP contribution in [0.1, 0.15) is 32.3 Å². The van der Waals surface area contributed by atoms with Crippen LogP contribution in [0.5, 0.6) is 0 Å². The average molecular weight is 449 g/mol. The summed E-state index contributed by atoms with van der Waals surface area (Å²) in [5.74, 6) is -0.424. The van der Waals surface area contributed by atoms with Gasteiger partial charge in [0.15, 0.2) is 5.13 Å². The Morgan fingerprint density at radius 1 is 1.27 bits per heavy atom. The van der Waals surface area contributed by atoms with Crippen LogP contribution < -0.4 is 10.2 Å². The minimum Gasteiger partial charge on any atom is -0.314 e. The molecule has 8 nitrogen and oxygen atoms in total. The summed E-state index contributed by atoms with van der Waals surface area (Å²) < 4.78 is 27.9. The molecule has 1 fully saturated rings. The third-order valence-electron chi connectivity index (χ3n) is 5.97. The molecular formula is C20H24N4O4S2. The zero-order valence-corrected chi connectivity index (χ0v) is 18.7. The van der Waals surface area contributed by atoms with Gasteiger partial charge in [0, 0.05) is 43.3 Å². The number of carbonyl (C=O) groups excluding carboxylic acids is 2. The average Bonchev–Trinajstić information content (AvgIpc) is 3.30. The largest absolute Gasteiger partial charge is 0.314 e. The minimum atomic E-state index is -3.71. The maximum atomic E-state index is 13.2.